The van der Waals surface area contributed by atoms with Crippen LogP contribution < -0.4 is 0 Å². The van der Waals surface area contributed by atoms with Gasteiger partial charge in [-0.15, -0.1) is 5.10 Å². The fraction of sp³-hybridized carbons (Fsp3) is 0.778. The second-order valence-electron chi connectivity index (χ2n) is 4.85. The first-order chi connectivity index (χ1) is 7.69. The van der Waals surface area contributed by atoms with Crippen molar-refractivity contribution in [3.8, 4) is 0 Å². The molecule has 96 valence electrons. The van der Waals surface area contributed by atoms with Gasteiger partial charge in [0.15, 0.2) is 9.84 Å². The van der Waals surface area contributed by atoms with Crippen LogP contribution in [-0.2, 0) is 15.4 Å². The normalized spacial score (nSPS) is 28.5. The molecule has 0 saturated carbocycles. The third-order valence-corrected chi connectivity index (χ3v) is 4.47. The highest BCUT2D eigenvalue weighted by atomic mass is 32.2. The van der Waals surface area contributed by atoms with Crippen molar-refractivity contribution in [1.29, 1.82) is 0 Å². The minimum absolute atomic E-state index is 0.150. The first kappa shape index (κ1) is 12.5. The molecule has 1 aromatic heterocycles. The molecule has 0 aliphatic carbocycles. The number of hydrogen-bond acceptors (Lipinski definition) is 6. The predicted octanol–water partition coefficient (Wildman–Crippen LogP) is -1.16. The van der Waals surface area contributed by atoms with Crippen LogP contribution in [0, 0.1) is 0 Å². The summed E-state index contributed by atoms with van der Waals surface area (Å²) in [5.41, 5.74) is -0.797. The van der Waals surface area contributed by atoms with Crippen molar-refractivity contribution in [2.75, 3.05) is 11.5 Å². The number of aliphatic hydroxyl groups excluding tert-OH is 1. The van der Waals surface area contributed by atoms with Crippen molar-refractivity contribution >= 4 is 9.84 Å². The first-order valence-corrected chi connectivity index (χ1v) is 7.04. The molecule has 2 unspecified atom stereocenters. The lowest BCUT2D eigenvalue weighted by atomic mass is 10.1. The highest BCUT2D eigenvalue weighted by Gasteiger charge is 2.38. The molecule has 1 aliphatic rings. The molecule has 2 atom stereocenters. The Bertz CT molecular complexity index is 517. The van der Waals surface area contributed by atoms with Gasteiger partial charge in [0.2, 0.25) is 0 Å². The van der Waals surface area contributed by atoms with E-state index in [1.165, 1.54) is 10.9 Å². The molecule has 1 fully saturated rings. The van der Waals surface area contributed by atoms with Crippen LogP contribution in [-0.4, -0.2) is 51.2 Å². The molecule has 0 spiro atoms. The Labute approximate surface area is 99.0 Å². The van der Waals surface area contributed by atoms with Crippen molar-refractivity contribution in [1.82, 2.24) is 15.0 Å². The minimum atomic E-state index is -3.22. The Kier molecular flexibility index (Phi) is 2.75. The van der Waals surface area contributed by atoms with Crippen LogP contribution in [0.25, 0.3) is 0 Å². The van der Waals surface area contributed by atoms with Gasteiger partial charge in [0, 0.05) is 0 Å². The van der Waals surface area contributed by atoms with Crippen LogP contribution in [0.1, 0.15) is 25.6 Å². The fourth-order valence-corrected chi connectivity index (χ4v) is 3.56. The SMILES string of the molecule is CC(C)(O)c1cn(C2CS(=O)(=O)CC2O)nn1. The summed E-state index contributed by atoms with van der Waals surface area (Å²) in [6.07, 6.45) is 0.491. The quantitative estimate of drug-likeness (QED) is 0.695. The molecule has 1 aliphatic heterocycles. The third kappa shape index (κ3) is 2.48. The van der Waals surface area contributed by atoms with Gasteiger partial charge in [-0.2, -0.15) is 0 Å². The zero-order valence-electron chi connectivity index (χ0n) is 9.61. The van der Waals surface area contributed by atoms with Crippen molar-refractivity contribution < 1.29 is 18.6 Å². The van der Waals surface area contributed by atoms with E-state index >= 15 is 0 Å². The van der Waals surface area contributed by atoms with Crippen LogP contribution in [0.3, 0.4) is 0 Å². The van der Waals surface area contributed by atoms with Crippen LogP contribution in [0.5, 0.6) is 0 Å². The van der Waals surface area contributed by atoms with E-state index in [1.54, 1.807) is 13.8 Å². The molecule has 8 heteroatoms. The molecule has 1 aromatic rings. The van der Waals surface area contributed by atoms with Crippen LogP contribution in [0.15, 0.2) is 6.20 Å². The molecule has 0 amide bonds. The third-order valence-electron chi connectivity index (χ3n) is 2.77. The molecular formula is C9H15N3O4S. The fourth-order valence-electron chi connectivity index (χ4n) is 1.78. The van der Waals surface area contributed by atoms with Gasteiger partial charge in [-0.1, -0.05) is 5.21 Å². The summed E-state index contributed by atoms with van der Waals surface area (Å²) in [5.74, 6) is -0.405. The Morgan fingerprint density at radius 3 is 2.53 bits per heavy atom. The molecule has 0 bridgehead atoms. The second kappa shape index (κ2) is 3.76. The predicted molar refractivity (Wildman–Crippen MR) is 59.0 cm³/mol. The molecule has 0 radical (unpaired) electrons. The maximum absolute atomic E-state index is 11.4. The van der Waals surface area contributed by atoms with E-state index < -0.39 is 27.6 Å². The number of rotatable bonds is 2. The lowest BCUT2D eigenvalue weighted by Gasteiger charge is -2.13. The van der Waals surface area contributed by atoms with Crippen molar-refractivity contribution in [2.24, 2.45) is 0 Å². The van der Waals surface area contributed by atoms with Crippen molar-refractivity contribution in [3.63, 3.8) is 0 Å². The van der Waals surface area contributed by atoms with Crippen molar-refractivity contribution in [3.05, 3.63) is 11.9 Å². The standard InChI is InChI=1S/C9H15N3O4S/c1-9(2,14)8-3-12(11-10-8)6-4-17(15,16)5-7(6)13/h3,6-7,13-14H,4-5H2,1-2H3. The zero-order valence-corrected chi connectivity index (χ0v) is 10.4. The molecule has 2 N–H and O–H groups in total. The topological polar surface area (TPSA) is 105 Å². The Balaban J connectivity index is 2.28. The van der Waals surface area contributed by atoms with Gasteiger partial charge in [0.1, 0.15) is 11.3 Å². The summed E-state index contributed by atoms with van der Waals surface area (Å²) >= 11 is 0. The molecule has 0 aromatic carbocycles. The summed E-state index contributed by atoms with van der Waals surface area (Å²) in [6.45, 7) is 3.12. The van der Waals surface area contributed by atoms with E-state index in [4.69, 9.17) is 0 Å². The average Bonchev–Trinajstić information content (AvgIpc) is 2.68. The van der Waals surface area contributed by atoms with Gasteiger partial charge < -0.3 is 10.2 Å². The van der Waals surface area contributed by atoms with Gasteiger partial charge in [-0.25, -0.2) is 13.1 Å². The Hall–Kier alpha value is -0.990. The molecule has 1 saturated heterocycles. The number of sulfone groups is 1. The van der Waals surface area contributed by atoms with Gasteiger partial charge >= 0.3 is 0 Å². The van der Waals surface area contributed by atoms with Gasteiger partial charge in [0.05, 0.1) is 29.8 Å². The van der Waals surface area contributed by atoms with E-state index in [-0.39, 0.29) is 11.5 Å². The summed E-state index contributed by atoms with van der Waals surface area (Å²) in [5, 5.41) is 26.9. The molecular weight excluding hydrogens is 246 g/mol. The summed E-state index contributed by atoms with van der Waals surface area (Å²) in [7, 11) is -3.22. The van der Waals surface area contributed by atoms with E-state index in [0.29, 0.717) is 5.69 Å². The number of aliphatic hydroxyl groups is 2. The van der Waals surface area contributed by atoms with Gasteiger partial charge in [-0.05, 0) is 13.8 Å². The Morgan fingerprint density at radius 1 is 1.47 bits per heavy atom. The minimum Gasteiger partial charge on any atom is -0.390 e. The van der Waals surface area contributed by atoms with E-state index in [2.05, 4.69) is 10.3 Å². The first-order valence-electron chi connectivity index (χ1n) is 5.22. The maximum atomic E-state index is 11.4. The number of aromatic nitrogens is 3. The second-order valence-corrected chi connectivity index (χ2v) is 7.01. The smallest absolute Gasteiger partial charge is 0.155 e. The van der Waals surface area contributed by atoms with E-state index in [1.807, 2.05) is 0 Å². The Morgan fingerprint density at radius 2 is 2.12 bits per heavy atom. The molecule has 17 heavy (non-hydrogen) atoms. The van der Waals surface area contributed by atoms with E-state index in [0.717, 1.165) is 0 Å². The maximum Gasteiger partial charge on any atom is 0.155 e. The van der Waals surface area contributed by atoms with Crippen LogP contribution in [0.2, 0.25) is 0 Å². The van der Waals surface area contributed by atoms with Crippen molar-refractivity contribution in [2.45, 2.75) is 31.6 Å². The average molecular weight is 261 g/mol. The van der Waals surface area contributed by atoms with Gasteiger partial charge in [0.25, 0.3) is 0 Å². The number of nitrogens with zero attached hydrogens (tertiary/aromatic N) is 3. The summed E-state index contributed by atoms with van der Waals surface area (Å²) in [6, 6.07) is -0.622. The van der Waals surface area contributed by atoms with E-state index in [9.17, 15) is 18.6 Å². The highest BCUT2D eigenvalue weighted by Crippen LogP contribution is 2.25. The van der Waals surface area contributed by atoms with Gasteiger partial charge in [-0.3, -0.25) is 0 Å². The monoisotopic (exact) mass is 261 g/mol. The zero-order chi connectivity index (χ0) is 12.8. The highest BCUT2D eigenvalue weighted by molar-refractivity contribution is 7.91. The lowest BCUT2D eigenvalue weighted by Crippen LogP contribution is -2.22. The number of hydrogen-bond donors (Lipinski definition) is 2. The molecule has 2 rings (SSSR count). The summed E-state index contributed by atoms with van der Waals surface area (Å²) < 4.78 is 24.0. The lowest BCUT2D eigenvalue weighted by molar-refractivity contribution is 0.0736. The molecule has 2 heterocycles. The largest absolute Gasteiger partial charge is 0.390 e. The van der Waals surface area contributed by atoms with Crippen LogP contribution >= 0.6 is 0 Å². The molecule has 7 nitrogen and oxygen atoms in total. The summed E-state index contributed by atoms with van der Waals surface area (Å²) in [4.78, 5) is 0. The van der Waals surface area contributed by atoms with Crippen LogP contribution in [0.4, 0.5) is 0 Å².